The lowest BCUT2D eigenvalue weighted by molar-refractivity contribution is -0.133. The lowest BCUT2D eigenvalue weighted by Gasteiger charge is -2.16. The molecule has 0 N–H and O–H groups in total. The van der Waals surface area contributed by atoms with Gasteiger partial charge in [-0.05, 0) is 38.1 Å². The average molecular weight is 306 g/mol. The van der Waals surface area contributed by atoms with Gasteiger partial charge in [0.05, 0.1) is 12.2 Å². The zero-order valence-electron chi connectivity index (χ0n) is 12.6. The normalized spacial score (nSPS) is 22.1. The van der Waals surface area contributed by atoms with Gasteiger partial charge in [-0.2, -0.15) is 0 Å². The predicted molar refractivity (Wildman–Crippen MR) is 79.9 cm³/mol. The van der Waals surface area contributed by atoms with Gasteiger partial charge in [0.25, 0.3) is 0 Å². The van der Waals surface area contributed by atoms with E-state index in [1.807, 2.05) is 0 Å². The number of hydrogen-bond acceptors (Lipinski definition) is 4. The molecule has 0 spiro atoms. The van der Waals surface area contributed by atoms with E-state index in [2.05, 4.69) is 6.58 Å². The van der Waals surface area contributed by atoms with Crippen LogP contribution in [0.5, 0.6) is 0 Å². The van der Waals surface area contributed by atoms with E-state index < -0.39 is 29.8 Å². The van der Waals surface area contributed by atoms with Crippen LogP contribution in [0.15, 0.2) is 54.9 Å². The van der Waals surface area contributed by atoms with Gasteiger partial charge in [0.15, 0.2) is 11.9 Å². The van der Waals surface area contributed by atoms with E-state index in [-0.39, 0.29) is 6.61 Å². The topological polar surface area (TPSA) is 44.8 Å². The first kappa shape index (κ1) is 16.4. The first-order valence-electron chi connectivity index (χ1n) is 6.99. The Kier molecular flexibility index (Phi) is 5.11. The fraction of sp³-hybridized carbons (Fsp3) is 0.353. The Morgan fingerprint density at radius 3 is 2.68 bits per heavy atom. The maximum atomic E-state index is 14.2. The van der Waals surface area contributed by atoms with E-state index in [4.69, 9.17) is 14.2 Å². The second-order valence-corrected chi connectivity index (χ2v) is 5.35. The molecular weight excluding hydrogens is 287 g/mol. The zero-order valence-corrected chi connectivity index (χ0v) is 12.6. The summed E-state index contributed by atoms with van der Waals surface area (Å²) in [5.41, 5.74) is 0.351. The number of rotatable bonds is 5. The Morgan fingerprint density at radius 2 is 2.14 bits per heavy atom. The molecule has 4 nitrogen and oxygen atoms in total. The fourth-order valence-corrected chi connectivity index (χ4v) is 2.04. The van der Waals surface area contributed by atoms with Gasteiger partial charge in [0.1, 0.15) is 11.9 Å². The third-order valence-electron chi connectivity index (χ3n) is 3.10. The van der Waals surface area contributed by atoms with E-state index in [1.165, 1.54) is 12.2 Å². The smallest absolute Gasteiger partial charge is 0.339 e. The van der Waals surface area contributed by atoms with Crippen LogP contribution < -0.4 is 0 Å². The van der Waals surface area contributed by atoms with Gasteiger partial charge < -0.3 is 14.2 Å². The Bertz CT molecular complexity index is 565. The molecule has 0 unspecified atom stereocenters. The van der Waals surface area contributed by atoms with Crippen molar-refractivity contribution in [2.24, 2.45) is 0 Å². The number of carbonyl (C=O) groups is 1. The Labute approximate surface area is 129 Å². The number of ether oxygens (including phenoxy) is 3. The molecule has 1 aromatic carbocycles. The summed E-state index contributed by atoms with van der Waals surface area (Å²) in [4.78, 5) is 11.9. The Morgan fingerprint density at radius 1 is 1.45 bits per heavy atom. The van der Waals surface area contributed by atoms with E-state index in [0.717, 1.165) is 0 Å². The summed E-state index contributed by atoms with van der Waals surface area (Å²) in [5.74, 6) is -1.99. The van der Waals surface area contributed by atoms with Crippen LogP contribution in [-0.2, 0) is 14.2 Å². The molecule has 1 aromatic rings. The second kappa shape index (κ2) is 6.85. The second-order valence-electron chi connectivity index (χ2n) is 5.35. The van der Waals surface area contributed by atoms with Crippen molar-refractivity contribution >= 4 is 5.97 Å². The number of esters is 1. The molecule has 0 aliphatic carbocycles. The number of hydrogen-bond donors (Lipinski definition) is 0. The van der Waals surface area contributed by atoms with Crippen molar-refractivity contribution in [3.05, 3.63) is 60.5 Å². The quantitative estimate of drug-likeness (QED) is 0.618. The maximum absolute atomic E-state index is 14.2. The third-order valence-corrected chi connectivity index (χ3v) is 3.10. The summed E-state index contributed by atoms with van der Waals surface area (Å²) in [5, 5.41) is 0. The van der Waals surface area contributed by atoms with Crippen LogP contribution in [0.4, 0.5) is 4.39 Å². The molecule has 1 aliphatic rings. The van der Waals surface area contributed by atoms with Crippen LogP contribution >= 0.6 is 0 Å². The Hall–Kier alpha value is -1.98. The first-order chi connectivity index (χ1) is 10.4. The van der Waals surface area contributed by atoms with Crippen molar-refractivity contribution in [3.8, 4) is 0 Å². The van der Waals surface area contributed by atoms with Crippen molar-refractivity contribution in [3.63, 3.8) is 0 Å². The monoisotopic (exact) mass is 306 g/mol. The highest BCUT2D eigenvalue weighted by molar-refractivity contribution is 5.89. The minimum absolute atomic E-state index is 0.247. The fourth-order valence-electron chi connectivity index (χ4n) is 2.04. The van der Waals surface area contributed by atoms with Gasteiger partial charge >= 0.3 is 5.97 Å². The number of benzene rings is 1. The Balaban J connectivity index is 2.02. The van der Waals surface area contributed by atoms with Crippen LogP contribution in [0.1, 0.15) is 24.2 Å². The predicted octanol–water partition coefficient (Wildman–Crippen LogP) is 3.40. The van der Waals surface area contributed by atoms with Gasteiger partial charge in [-0.1, -0.05) is 24.8 Å². The molecule has 0 aromatic heterocycles. The molecule has 0 radical (unpaired) electrons. The minimum atomic E-state index is -1.15. The standard InChI is InChI=1S/C17H19FO4/c1-4-15(21-16(19)12-8-6-5-7-9-12)14(18)10-13-11-20-17(2,3)22-13/h4-10,13,15H,1,11H2,2-3H3/b14-10+/t13-,15+/m0/s1. The molecule has 0 saturated carbocycles. The molecule has 0 amide bonds. The highest BCUT2D eigenvalue weighted by Gasteiger charge is 2.32. The van der Waals surface area contributed by atoms with Gasteiger partial charge in [0.2, 0.25) is 0 Å². The van der Waals surface area contributed by atoms with Crippen molar-refractivity contribution in [2.45, 2.75) is 31.8 Å². The van der Waals surface area contributed by atoms with Crippen LogP contribution in [-0.4, -0.2) is 30.6 Å². The number of carbonyl (C=O) groups excluding carboxylic acids is 1. The molecule has 0 bridgehead atoms. The highest BCUT2D eigenvalue weighted by atomic mass is 19.1. The van der Waals surface area contributed by atoms with Crippen LogP contribution in [0, 0.1) is 0 Å². The van der Waals surface area contributed by atoms with E-state index in [0.29, 0.717) is 5.56 Å². The van der Waals surface area contributed by atoms with Gasteiger partial charge in [0, 0.05) is 0 Å². The summed E-state index contributed by atoms with van der Waals surface area (Å²) in [6, 6.07) is 8.39. The van der Waals surface area contributed by atoms with E-state index >= 15 is 0 Å². The molecule has 22 heavy (non-hydrogen) atoms. The highest BCUT2D eigenvalue weighted by Crippen LogP contribution is 2.25. The summed E-state index contributed by atoms with van der Waals surface area (Å²) < 4.78 is 30.2. The molecule has 1 fully saturated rings. The molecule has 118 valence electrons. The molecule has 2 rings (SSSR count). The van der Waals surface area contributed by atoms with Crippen molar-refractivity contribution in [1.29, 1.82) is 0 Å². The molecule has 1 heterocycles. The minimum Gasteiger partial charge on any atom is -0.447 e. The molecule has 1 saturated heterocycles. The lowest BCUT2D eigenvalue weighted by atomic mass is 10.2. The van der Waals surface area contributed by atoms with Gasteiger partial charge in [-0.3, -0.25) is 0 Å². The van der Waals surface area contributed by atoms with E-state index in [9.17, 15) is 9.18 Å². The van der Waals surface area contributed by atoms with Crippen LogP contribution in [0.3, 0.4) is 0 Å². The molecular formula is C17H19FO4. The molecule has 1 aliphatic heterocycles. The van der Waals surface area contributed by atoms with Crippen LogP contribution in [0.2, 0.25) is 0 Å². The van der Waals surface area contributed by atoms with Crippen molar-refractivity contribution in [2.75, 3.05) is 6.61 Å². The summed E-state index contributed by atoms with van der Waals surface area (Å²) in [6.45, 7) is 7.25. The van der Waals surface area contributed by atoms with Crippen LogP contribution in [0.25, 0.3) is 0 Å². The third kappa shape index (κ3) is 4.26. The summed E-state index contributed by atoms with van der Waals surface area (Å²) >= 11 is 0. The lowest BCUT2D eigenvalue weighted by Crippen LogP contribution is -2.22. The van der Waals surface area contributed by atoms with Gasteiger partial charge in [-0.25, -0.2) is 9.18 Å². The maximum Gasteiger partial charge on any atom is 0.339 e. The number of halogens is 1. The van der Waals surface area contributed by atoms with Crippen molar-refractivity contribution in [1.82, 2.24) is 0 Å². The molecule has 5 heteroatoms. The SMILES string of the molecule is C=C[C@@H](OC(=O)c1ccccc1)/C(F)=C\[C@H]1COC(C)(C)O1. The molecule has 2 atom stereocenters. The zero-order chi connectivity index (χ0) is 16.2. The summed E-state index contributed by atoms with van der Waals surface area (Å²) in [6.07, 6.45) is 0.806. The largest absolute Gasteiger partial charge is 0.447 e. The van der Waals surface area contributed by atoms with Crippen molar-refractivity contribution < 1.29 is 23.4 Å². The van der Waals surface area contributed by atoms with Gasteiger partial charge in [-0.15, -0.1) is 0 Å². The summed E-state index contributed by atoms with van der Waals surface area (Å²) in [7, 11) is 0. The average Bonchev–Trinajstić information content (AvgIpc) is 2.84. The first-order valence-corrected chi connectivity index (χ1v) is 6.99. The van der Waals surface area contributed by atoms with E-state index in [1.54, 1.807) is 44.2 Å².